The molecule has 1 aliphatic heterocycles. The van der Waals surface area contributed by atoms with Gasteiger partial charge in [0, 0.05) is 47.6 Å². The van der Waals surface area contributed by atoms with E-state index >= 15 is 4.79 Å². The highest BCUT2D eigenvalue weighted by atomic mass is 16.5. The van der Waals surface area contributed by atoms with Crippen LogP contribution in [-0.4, -0.2) is 75.2 Å². The van der Waals surface area contributed by atoms with Crippen molar-refractivity contribution < 1.29 is 39.8 Å². The zero-order valence-electron chi connectivity index (χ0n) is 36.4. The Morgan fingerprint density at radius 1 is 0.953 bits per heavy atom. The topological polar surface area (TPSA) is 189 Å². The lowest BCUT2D eigenvalue weighted by molar-refractivity contribution is -0.132. The quantitative estimate of drug-likeness (QED) is 0.0582. The number of anilines is 2. The molecule has 0 radical (unpaired) electrons. The largest absolute Gasteiger partial charge is 0.508 e. The Balaban J connectivity index is 1.28. The van der Waals surface area contributed by atoms with E-state index in [-0.39, 0.29) is 47.5 Å². The molecule has 0 saturated heterocycles. The van der Waals surface area contributed by atoms with Crippen LogP contribution in [0.25, 0.3) is 16.8 Å². The van der Waals surface area contributed by atoms with E-state index < -0.39 is 34.5 Å². The molecule has 2 aromatic heterocycles. The third-order valence-corrected chi connectivity index (χ3v) is 14.4. The highest BCUT2D eigenvalue weighted by molar-refractivity contribution is 6.01. The normalized spacial score (nSPS) is 23.2. The fraction of sp³-hybridized carbons (Fsp3) is 0.346. The second kappa shape index (κ2) is 17.2. The number of hydrogen-bond donors (Lipinski definition) is 8. The summed E-state index contributed by atoms with van der Waals surface area (Å²) in [5.74, 6) is -1.15. The van der Waals surface area contributed by atoms with E-state index in [0.29, 0.717) is 49.4 Å². The van der Waals surface area contributed by atoms with Crippen LogP contribution in [-0.2, 0) is 28.5 Å². The molecule has 12 heteroatoms. The van der Waals surface area contributed by atoms with Gasteiger partial charge in [-0.25, -0.2) is 4.98 Å². The van der Waals surface area contributed by atoms with Gasteiger partial charge < -0.3 is 50.6 Å². The number of aromatic amines is 1. The zero-order valence-corrected chi connectivity index (χ0v) is 36.4. The Kier molecular flexibility index (Phi) is 11.5. The molecule has 332 valence electrons. The van der Waals surface area contributed by atoms with Gasteiger partial charge in [-0.2, -0.15) is 0 Å². The summed E-state index contributed by atoms with van der Waals surface area (Å²) in [6, 6.07) is 24.1. The number of nitrogens with zero attached hydrogens (tertiary/aromatic N) is 1. The number of hydrogen-bond acceptors (Lipinski definition) is 11. The first-order valence-electron chi connectivity index (χ1n) is 22.1. The van der Waals surface area contributed by atoms with Gasteiger partial charge in [-0.1, -0.05) is 30.7 Å². The number of aromatic nitrogens is 2. The molecule has 1 fully saturated rings. The Bertz CT molecular complexity index is 2730. The number of H-pyrrole nitrogens is 1. The van der Waals surface area contributed by atoms with Crippen molar-refractivity contribution in [1.29, 1.82) is 0 Å². The van der Waals surface area contributed by atoms with Gasteiger partial charge in [0.15, 0.2) is 23.0 Å². The highest BCUT2D eigenvalue weighted by Gasteiger charge is 2.55. The molecule has 4 aromatic carbocycles. The van der Waals surface area contributed by atoms with Gasteiger partial charge in [0.2, 0.25) is 5.75 Å². The number of carbonyl (C=O) groups excluding carboxylic acids is 1. The summed E-state index contributed by atoms with van der Waals surface area (Å²) in [6.07, 6.45) is 10.8. The van der Waals surface area contributed by atoms with Crippen LogP contribution in [0.2, 0.25) is 0 Å². The number of Topliss-reactive ketones (excluding diaryl/α,β-unsaturated/α-hetero) is 1. The summed E-state index contributed by atoms with van der Waals surface area (Å²) in [5, 5.41) is 65.2. The molecule has 8 N–H and O–H groups in total. The Morgan fingerprint density at radius 3 is 2.58 bits per heavy atom. The van der Waals surface area contributed by atoms with Crippen molar-refractivity contribution in [3.63, 3.8) is 0 Å². The summed E-state index contributed by atoms with van der Waals surface area (Å²) >= 11 is 0. The fourth-order valence-electron chi connectivity index (χ4n) is 11.6. The number of methoxy groups -OCH3 is 2. The summed E-state index contributed by atoms with van der Waals surface area (Å²) in [4.78, 5) is 24.4. The first-order chi connectivity index (χ1) is 31.0. The standard InChI is InChI=1S/C52H56N4O8/c1-53-29-51-17-14-32-22-38(57)21-31-10-11-39(48(51)47(31)32)56-46-27-36(15-19-55-46)52(16-4-6-35(52)26-37-7-5-18-54-37)49(41(59)13-9-30-8-12-40(58)44(20-30)63-2)42(60)24-34(28-51)33-23-43(61)50(62)45(25-33)64-3/h5,7-8,10-12,14-15,17-23,25,27,34-35,41,49,53-54,57-59,61-62H,4,6,9,13,16,24,26,28-29H2,1-3H3,(H,55,56)/t34-,35-,41-,49+,51+,52-/m1/s1. The van der Waals surface area contributed by atoms with Crippen molar-refractivity contribution in [1.82, 2.24) is 15.3 Å². The molecule has 64 heavy (non-hydrogen) atoms. The minimum absolute atomic E-state index is 0.00246. The van der Waals surface area contributed by atoms with Gasteiger partial charge >= 0.3 is 0 Å². The minimum Gasteiger partial charge on any atom is -0.508 e. The number of ketones is 1. The number of nitrogens with one attached hydrogen (secondary N) is 3. The van der Waals surface area contributed by atoms with Crippen molar-refractivity contribution in [2.24, 2.45) is 11.8 Å². The third kappa shape index (κ3) is 7.58. The molecule has 2 aliphatic carbocycles. The fourth-order valence-corrected chi connectivity index (χ4v) is 11.6. The van der Waals surface area contributed by atoms with E-state index in [1.807, 2.05) is 49.7 Å². The van der Waals surface area contributed by atoms with Crippen molar-refractivity contribution in [3.05, 3.63) is 131 Å². The van der Waals surface area contributed by atoms with E-state index in [1.165, 1.54) is 20.3 Å². The van der Waals surface area contributed by atoms with Gasteiger partial charge in [-0.15, -0.1) is 0 Å². The maximum atomic E-state index is 16.1. The lowest BCUT2D eigenvalue weighted by atomic mass is 9.58. The molecular formula is C52H56N4O8. The van der Waals surface area contributed by atoms with Gasteiger partial charge in [0.1, 0.15) is 17.4 Å². The van der Waals surface area contributed by atoms with Crippen molar-refractivity contribution in [2.45, 2.75) is 74.2 Å². The molecule has 0 amide bonds. The summed E-state index contributed by atoms with van der Waals surface area (Å²) in [6.45, 7) is 0.460. The van der Waals surface area contributed by atoms with Crippen LogP contribution in [0, 0.1) is 11.8 Å². The van der Waals surface area contributed by atoms with Crippen molar-refractivity contribution in [3.8, 4) is 34.5 Å². The summed E-state index contributed by atoms with van der Waals surface area (Å²) in [7, 11) is 4.82. The number of aliphatic hydroxyl groups is 1. The predicted octanol–water partition coefficient (Wildman–Crippen LogP) is 8.67. The number of likely N-dealkylation sites (N-methyl/N-ethyl adjacent to an activating group) is 1. The molecular weight excluding hydrogens is 809 g/mol. The molecule has 1 spiro atoms. The number of aromatic hydroxyl groups is 4. The molecule has 6 atom stereocenters. The number of carbonyl (C=O) groups is 1. The maximum absolute atomic E-state index is 16.1. The molecule has 3 aliphatic rings. The van der Waals surface area contributed by atoms with Gasteiger partial charge in [0.25, 0.3) is 0 Å². The first-order valence-corrected chi connectivity index (χ1v) is 22.1. The Morgan fingerprint density at radius 2 is 1.80 bits per heavy atom. The smallest absolute Gasteiger partial charge is 0.200 e. The minimum atomic E-state index is -1.09. The first kappa shape index (κ1) is 42.8. The van der Waals surface area contributed by atoms with Gasteiger partial charge in [-0.05, 0) is 163 Å². The average Bonchev–Trinajstić information content (AvgIpc) is 3.96. The third-order valence-electron chi connectivity index (χ3n) is 14.4. The average molecular weight is 865 g/mol. The zero-order chi connectivity index (χ0) is 44.8. The number of phenolic OH excluding ortho intramolecular Hbond substituents is 4. The van der Waals surface area contributed by atoms with Crippen LogP contribution in [0.3, 0.4) is 0 Å². The van der Waals surface area contributed by atoms with Gasteiger partial charge in [0.05, 0.1) is 26.2 Å². The van der Waals surface area contributed by atoms with Crippen LogP contribution in [0.5, 0.6) is 34.5 Å². The van der Waals surface area contributed by atoms with E-state index in [9.17, 15) is 25.5 Å². The van der Waals surface area contributed by atoms with Crippen LogP contribution >= 0.6 is 0 Å². The molecule has 12 nitrogen and oxygen atoms in total. The number of aryl methyl sites for hydroxylation is 1. The SMILES string of the molecule is CNC[C@@]12C=Cc3cc(O)cc4ccc(c1c34)Nc1cc(ccn1)[C@]1(CCC[C@@H]1Cc1ccc[nH]1)[C@@H]([C@H](O)CCc1ccc(O)c(OC)c1)C(=O)C[C@@H](c1cc(O)c(O)c(OC)c1)C2. The Labute approximate surface area is 372 Å². The number of benzene rings is 4. The second-order valence-corrected chi connectivity index (χ2v) is 18.0. The number of fused-ring (bicyclic) bond motifs is 3. The summed E-state index contributed by atoms with van der Waals surface area (Å²) < 4.78 is 11.0. The van der Waals surface area contributed by atoms with E-state index in [0.717, 1.165) is 57.2 Å². The number of rotatable bonds is 11. The number of aliphatic hydroxyl groups excluding tert-OH is 1. The van der Waals surface area contributed by atoms with Crippen molar-refractivity contribution >= 4 is 34.1 Å². The van der Waals surface area contributed by atoms with Crippen LogP contribution in [0.1, 0.15) is 78.0 Å². The number of ether oxygens (including phenoxy) is 2. The van der Waals surface area contributed by atoms with Gasteiger partial charge in [-0.3, -0.25) is 4.79 Å². The predicted molar refractivity (Wildman–Crippen MR) is 247 cm³/mol. The number of pyridine rings is 1. The van der Waals surface area contributed by atoms with E-state index in [1.54, 1.807) is 36.5 Å². The van der Waals surface area contributed by atoms with E-state index in [4.69, 9.17) is 14.5 Å². The maximum Gasteiger partial charge on any atom is 0.200 e. The van der Waals surface area contributed by atoms with E-state index in [2.05, 4.69) is 33.8 Å². The van der Waals surface area contributed by atoms with Crippen LogP contribution in [0.15, 0.2) is 97.3 Å². The molecule has 2 bridgehead atoms. The van der Waals surface area contributed by atoms with Crippen LogP contribution < -0.4 is 20.1 Å². The highest BCUT2D eigenvalue weighted by Crippen LogP contribution is 2.56. The lowest BCUT2D eigenvalue weighted by Crippen LogP contribution is -2.50. The Hall–Kier alpha value is -6.50. The number of phenols is 4. The van der Waals surface area contributed by atoms with Crippen molar-refractivity contribution in [2.75, 3.05) is 33.1 Å². The molecule has 1 saturated carbocycles. The molecule has 9 rings (SSSR count). The monoisotopic (exact) mass is 864 g/mol. The molecule has 3 heterocycles. The second-order valence-electron chi connectivity index (χ2n) is 18.0. The molecule has 6 aromatic rings. The lowest BCUT2D eigenvalue weighted by Gasteiger charge is -2.45. The summed E-state index contributed by atoms with van der Waals surface area (Å²) in [5.41, 5.74) is 4.47. The molecule has 0 unspecified atom stereocenters. The van der Waals surface area contributed by atoms with Crippen LogP contribution in [0.4, 0.5) is 11.5 Å².